The largest absolute Gasteiger partial charge is 0.250 e. The first-order valence-corrected chi connectivity index (χ1v) is 33.3. The van der Waals surface area contributed by atoms with Gasteiger partial charge in [0.15, 0.2) is 78.2 Å². The van der Waals surface area contributed by atoms with E-state index in [0.717, 1.165) is 110 Å². The molecule has 488 valence electrons. The van der Waals surface area contributed by atoms with Crippen LogP contribution in [0.5, 0.6) is 0 Å². The number of nitrogens with zero attached hydrogens (tertiary/aromatic N) is 19. The Morgan fingerprint density at radius 1 is 0.279 bits per heavy atom. The molecular formula is C85H58N19+5. The molecule has 0 aliphatic carbocycles. The Balaban J connectivity index is 0.000000100. The highest BCUT2D eigenvalue weighted by molar-refractivity contribution is 5.95. The molecule has 0 radical (unpaired) electrons. The van der Waals surface area contributed by atoms with Gasteiger partial charge in [-0.25, -0.2) is 4.85 Å². The second-order valence-electron chi connectivity index (χ2n) is 26.5. The van der Waals surface area contributed by atoms with Gasteiger partial charge < -0.3 is 0 Å². The van der Waals surface area contributed by atoms with E-state index in [1.165, 1.54) is 72.6 Å². The van der Waals surface area contributed by atoms with Crippen molar-refractivity contribution in [2.75, 3.05) is 0 Å². The fourth-order valence-electron chi connectivity index (χ4n) is 15.4. The summed E-state index contributed by atoms with van der Waals surface area (Å²) in [5.41, 5.74) is 29.1. The second-order valence-corrected chi connectivity index (χ2v) is 26.5. The first-order valence-electron chi connectivity index (χ1n) is 33.3. The van der Waals surface area contributed by atoms with Crippen LogP contribution in [0.25, 0.3) is 127 Å². The number of hydrogen-bond acceptors (Lipinski definition) is 0. The van der Waals surface area contributed by atoms with Gasteiger partial charge in [0.2, 0.25) is 36.7 Å². The lowest BCUT2D eigenvalue weighted by molar-refractivity contribution is -0.749. The van der Waals surface area contributed by atoms with Crippen molar-refractivity contribution < 1.29 is 23.4 Å². The van der Waals surface area contributed by atoms with Gasteiger partial charge in [0.1, 0.15) is 56.0 Å². The number of para-hydroxylation sites is 3. The van der Waals surface area contributed by atoms with Crippen LogP contribution < -0.4 is 23.4 Å². The lowest BCUT2D eigenvalue weighted by Crippen LogP contribution is -2.36. The molecule has 10 heterocycles. The van der Waals surface area contributed by atoms with Gasteiger partial charge in [0.25, 0.3) is 0 Å². The molecule has 19 heteroatoms. The van der Waals surface area contributed by atoms with Gasteiger partial charge >= 0.3 is 0 Å². The van der Waals surface area contributed by atoms with E-state index in [9.17, 15) is 0 Å². The number of aromatic nitrogens is 10. The van der Waals surface area contributed by atoms with E-state index in [4.69, 9.17) is 59.1 Å². The van der Waals surface area contributed by atoms with Gasteiger partial charge in [-0.1, -0.05) is 103 Å². The molecule has 20 rings (SSSR count). The van der Waals surface area contributed by atoms with Gasteiger partial charge in [0.05, 0.1) is 91.6 Å². The topological polar surface area (TPSA) is 83.3 Å². The molecule has 10 aromatic carbocycles. The molecule has 0 saturated heterocycles. The molecule has 0 spiro atoms. The molecule has 0 unspecified atom stereocenters. The first-order chi connectivity index (χ1) is 50.6. The Morgan fingerprint density at radius 2 is 0.683 bits per heavy atom. The summed E-state index contributed by atoms with van der Waals surface area (Å²) >= 11 is 0. The Morgan fingerprint density at radius 3 is 1.22 bits per heavy atom. The van der Waals surface area contributed by atoms with Crippen LogP contribution in [0.3, 0.4) is 0 Å². The molecule has 0 bridgehead atoms. The van der Waals surface area contributed by atoms with Crippen LogP contribution >= 0.6 is 0 Å². The number of rotatable bonds is 0. The van der Waals surface area contributed by atoms with Crippen LogP contribution in [0.1, 0.15) is 61.2 Å². The van der Waals surface area contributed by atoms with Gasteiger partial charge in [-0.05, 0) is 124 Å². The molecule has 5 aliphatic rings. The van der Waals surface area contributed by atoms with E-state index in [0.29, 0.717) is 45.5 Å². The van der Waals surface area contributed by atoms with Crippen molar-refractivity contribution in [2.24, 2.45) is 0 Å². The molecule has 19 nitrogen and oxygen atoms in total. The molecule has 5 aliphatic heterocycles. The molecule has 15 aromatic rings. The third-order valence-electron chi connectivity index (χ3n) is 20.2. The molecule has 0 N–H and O–H groups in total. The second kappa shape index (κ2) is 24.7. The van der Waals surface area contributed by atoms with Crippen LogP contribution in [0.2, 0.25) is 0 Å². The Kier molecular flexibility index (Phi) is 15.2. The van der Waals surface area contributed by atoms with Gasteiger partial charge in [-0.2, -0.15) is 0 Å². The zero-order valence-electron chi connectivity index (χ0n) is 57.4. The predicted octanol–water partition coefficient (Wildman–Crippen LogP) is 18.2. The fourth-order valence-corrected chi connectivity index (χ4v) is 15.4. The summed E-state index contributed by atoms with van der Waals surface area (Å²) in [5.74, 6) is 0. The molecule has 0 atom stereocenters. The summed E-state index contributed by atoms with van der Waals surface area (Å²) in [7, 11) is 0. The maximum absolute atomic E-state index is 7.44. The van der Waals surface area contributed by atoms with E-state index in [1.807, 2.05) is 85.3 Å². The Labute approximate surface area is 598 Å². The van der Waals surface area contributed by atoms with Crippen LogP contribution in [0, 0.1) is 101 Å². The van der Waals surface area contributed by atoms with E-state index in [2.05, 4.69) is 223 Å². The van der Waals surface area contributed by atoms with Crippen LogP contribution in [-0.4, -0.2) is 23.4 Å². The maximum atomic E-state index is 7.44. The average Bonchev–Trinajstić information content (AvgIpc) is 1.58. The normalized spacial score (nSPS) is 11.9. The number of fused-ring (bicyclic) bond motifs is 25. The molecule has 5 aromatic heterocycles. The summed E-state index contributed by atoms with van der Waals surface area (Å²) in [6.45, 7) is 82.2. The Hall–Kier alpha value is -15.0. The lowest BCUT2D eigenvalue weighted by atomic mass is 9.98. The molecule has 0 saturated carbocycles. The summed E-state index contributed by atoms with van der Waals surface area (Å²) < 4.78 is 21.5. The quantitative estimate of drug-likeness (QED) is 0.107. The van der Waals surface area contributed by atoms with Crippen molar-refractivity contribution in [1.29, 1.82) is 0 Å². The van der Waals surface area contributed by atoms with E-state index in [1.54, 1.807) is 6.07 Å². The molecule has 0 fully saturated rings. The predicted molar refractivity (Wildman–Crippen MR) is 398 cm³/mol. The van der Waals surface area contributed by atoms with Crippen molar-refractivity contribution in [1.82, 2.24) is 23.4 Å². The van der Waals surface area contributed by atoms with Crippen LogP contribution in [0.4, 0.5) is 51.2 Å². The maximum Gasteiger partial charge on any atom is 0.217 e. The van der Waals surface area contributed by atoms with Gasteiger partial charge in [-0.15, -0.1) is 46.8 Å². The van der Waals surface area contributed by atoms with E-state index in [-0.39, 0.29) is 0 Å². The Bertz CT molecular complexity index is 6790. The number of hydrogen-bond donors (Lipinski definition) is 0. The third kappa shape index (κ3) is 10.1. The van der Waals surface area contributed by atoms with Gasteiger partial charge in [0, 0.05) is 22.3 Å². The summed E-state index contributed by atoms with van der Waals surface area (Å²) in [5, 5.41) is 5.13. The van der Waals surface area contributed by atoms with E-state index < -0.39 is 0 Å². The molecule has 104 heavy (non-hydrogen) atoms. The van der Waals surface area contributed by atoms with Crippen LogP contribution in [0.15, 0.2) is 183 Å². The minimum absolute atomic E-state index is 0.415. The highest BCUT2D eigenvalue weighted by Crippen LogP contribution is 2.41. The van der Waals surface area contributed by atoms with Crippen molar-refractivity contribution >= 4 is 106 Å². The lowest BCUT2D eigenvalue weighted by Gasteiger charge is -2.09. The highest BCUT2D eigenvalue weighted by Gasteiger charge is 2.36. The van der Waals surface area contributed by atoms with Crippen LogP contribution in [-0.2, 0) is 32.7 Å². The van der Waals surface area contributed by atoms with Gasteiger partial charge in [-0.3, -0.25) is 38.8 Å². The third-order valence-corrected chi connectivity index (χ3v) is 20.2. The summed E-state index contributed by atoms with van der Waals surface area (Å²) in [4.78, 5) is 31.4. The highest BCUT2D eigenvalue weighted by atomic mass is 15.4. The summed E-state index contributed by atoms with van der Waals surface area (Å²) in [6, 6.07) is 50.1. The smallest absolute Gasteiger partial charge is 0.217 e. The summed E-state index contributed by atoms with van der Waals surface area (Å²) in [6.07, 6.45) is 10.3. The minimum Gasteiger partial charge on any atom is -0.250 e. The van der Waals surface area contributed by atoms with E-state index >= 15 is 0 Å². The fraction of sp³-hybridized carbons (Fsp3) is 0.129. The SMILES string of the molecule is [C-]#[N+]c1cc2c[n+]3n(c2cc1[N+]#[C-])-c1c(C)cccc1C3.[C-]#[N+]c1cc2c[n+]3n(c2cc1[N+]#[C-])-c1cc(C)ccc1C3.[C-]#[N+]c1cc2c[n+]3n(c2cc1[N+]#[C-])-c1ccc(C)cc1C3.[C-]#[N+]c1cc2c[n+]3n(c2cc1[N+]#[C-])-c1ccccc1C3.[C-]#[N+]c1cccc2c[n+]3n(c12)-c1c(C)cc(C)c(C)c1C3. The molecular weight excluding hydrogens is 1290 g/mol. The molecule has 0 amide bonds. The van der Waals surface area contributed by atoms with Crippen molar-refractivity contribution in [2.45, 2.75) is 74.3 Å². The zero-order valence-corrected chi connectivity index (χ0v) is 57.4. The number of benzene rings is 10. The standard InChI is InChI=1S/C18H16N3.3C17H11N4.C16H9N4/c1-11-8-12(2)17-15(13(11)3)10-20-9-14-6-5-7-16(19-4)18(14)21(17)20;1-11-4-5-16-12(6-11)9-20-10-13-7-14(18-2)15(19-3)8-17(13)21(16)20;1-11-4-5-12-9-20-10-13-7-14(18-2)15(19-3)8-17(13)21(20)16(12)6-11;1-11-5-4-6-12-9-20-10-13-7-14(18-2)15(19-3)8-16(13)21(20)17(11)12;1-17-13-7-12-10-19-9-11-5-3-4-6-15(11)20(19)16(12)8-14(13)18-2/h5-9H,10H2,1-3H3;3*4-8,10H,9H2,1H3;3-8,10H,9H2/q5*+1. The minimum atomic E-state index is 0.415. The first kappa shape index (κ1) is 63.7. The monoisotopic (exact) mass is 1340 g/mol. The van der Waals surface area contributed by atoms with Crippen molar-refractivity contribution in [3.63, 3.8) is 0 Å². The van der Waals surface area contributed by atoms with Crippen molar-refractivity contribution in [3.8, 4) is 28.4 Å². The number of aryl methyl sites for hydroxylation is 5. The average molecular weight is 1350 g/mol. The van der Waals surface area contributed by atoms with Crippen molar-refractivity contribution in [3.05, 3.63) is 347 Å². The zero-order chi connectivity index (χ0) is 72.1.